The molecule has 0 saturated heterocycles. The minimum atomic E-state index is 0.119. The van der Waals surface area contributed by atoms with E-state index in [1.54, 1.807) is 24.8 Å². The van der Waals surface area contributed by atoms with Gasteiger partial charge in [0.25, 0.3) is 0 Å². The summed E-state index contributed by atoms with van der Waals surface area (Å²) in [6.45, 7) is 5.34. The van der Waals surface area contributed by atoms with Gasteiger partial charge in [-0.15, -0.1) is 0 Å². The molecule has 19 heavy (non-hydrogen) atoms. The number of ether oxygens (including phenoxy) is 1. The molecule has 0 saturated carbocycles. The van der Waals surface area contributed by atoms with Gasteiger partial charge in [0.05, 0.1) is 11.8 Å². The van der Waals surface area contributed by atoms with Gasteiger partial charge in [-0.05, 0) is 19.9 Å². The Balaban J connectivity index is 1.92. The Labute approximate surface area is 113 Å². The molecule has 5 nitrogen and oxygen atoms in total. The van der Waals surface area contributed by atoms with Crippen LogP contribution in [0.4, 0.5) is 0 Å². The van der Waals surface area contributed by atoms with E-state index in [0.29, 0.717) is 19.0 Å². The van der Waals surface area contributed by atoms with Gasteiger partial charge in [-0.3, -0.25) is 9.97 Å². The van der Waals surface area contributed by atoms with Crippen LogP contribution in [-0.4, -0.2) is 21.1 Å². The van der Waals surface area contributed by atoms with Crippen molar-refractivity contribution in [3.8, 4) is 5.88 Å². The van der Waals surface area contributed by atoms with Gasteiger partial charge in [0, 0.05) is 43.4 Å². The zero-order valence-electron chi connectivity index (χ0n) is 11.2. The van der Waals surface area contributed by atoms with E-state index in [9.17, 15) is 0 Å². The highest BCUT2D eigenvalue weighted by molar-refractivity contribution is 5.25. The molecule has 2 aromatic rings. The van der Waals surface area contributed by atoms with Crippen molar-refractivity contribution in [3.63, 3.8) is 0 Å². The molecule has 0 amide bonds. The van der Waals surface area contributed by atoms with Crippen molar-refractivity contribution in [2.24, 2.45) is 0 Å². The number of nitrogens with one attached hydrogen (secondary N) is 1. The van der Waals surface area contributed by atoms with Crippen LogP contribution in [0.2, 0.25) is 0 Å². The van der Waals surface area contributed by atoms with E-state index >= 15 is 0 Å². The van der Waals surface area contributed by atoms with Crippen LogP contribution in [-0.2, 0) is 13.1 Å². The van der Waals surface area contributed by atoms with E-state index < -0.39 is 0 Å². The van der Waals surface area contributed by atoms with Gasteiger partial charge in [-0.1, -0.05) is 6.07 Å². The highest BCUT2D eigenvalue weighted by atomic mass is 16.5. The number of nitrogens with zero attached hydrogens (tertiary/aromatic N) is 3. The van der Waals surface area contributed by atoms with Crippen molar-refractivity contribution in [2.75, 3.05) is 0 Å². The lowest BCUT2D eigenvalue weighted by Crippen LogP contribution is -2.16. The molecule has 0 bridgehead atoms. The second kappa shape index (κ2) is 6.80. The number of pyridine rings is 1. The summed E-state index contributed by atoms with van der Waals surface area (Å²) in [4.78, 5) is 12.5. The molecule has 0 aliphatic heterocycles. The van der Waals surface area contributed by atoms with Crippen molar-refractivity contribution in [2.45, 2.75) is 33.0 Å². The van der Waals surface area contributed by atoms with Gasteiger partial charge in [-0.25, -0.2) is 4.98 Å². The molecule has 0 fully saturated rings. The molecule has 2 heterocycles. The first-order valence-corrected chi connectivity index (χ1v) is 6.32. The quantitative estimate of drug-likeness (QED) is 0.858. The molecule has 0 aromatic carbocycles. The van der Waals surface area contributed by atoms with Gasteiger partial charge in [-0.2, -0.15) is 0 Å². The fourth-order valence-electron chi connectivity index (χ4n) is 1.63. The van der Waals surface area contributed by atoms with Crippen molar-refractivity contribution in [1.82, 2.24) is 20.3 Å². The zero-order valence-corrected chi connectivity index (χ0v) is 11.2. The van der Waals surface area contributed by atoms with Crippen LogP contribution in [0.1, 0.15) is 25.1 Å². The summed E-state index contributed by atoms with van der Waals surface area (Å²) in [6, 6.07) is 3.92. The Kier molecular flexibility index (Phi) is 4.80. The standard InChI is InChI=1S/C14H18N4O/c1-11(2)19-14-12(4-3-5-18-14)8-16-10-13-9-15-6-7-17-13/h3-7,9,11,16H,8,10H2,1-2H3. The summed E-state index contributed by atoms with van der Waals surface area (Å²) in [5.74, 6) is 0.684. The van der Waals surface area contributed by atoms with E-state index in [1.807, 2.05) is 26.0 Å². The van der Waals surface area contributed by atoms with Crippen LogP contribution < -0.4 is 10.1 Å². The van der Waals surface area contributed by atoms with Gasteiger partial charge in [0.1, 0.15) is 0 Å². The first kappa shape index (κ1) is 13.4. The molecule has 2 rings (SSSR count). The molecular formula is C14H18N4O. The third kappa shape index (κ3) is 4.30. The number of aromatic nitrogens is 3. The second-order valence-corrected chi connectivity index (χ2v) is 4.43. The monoisotopic (exact) mass is 258 g/mol. The predicted octanol–water partition coefficient (Wildman–Crippen LogP) is 1.95. The molecule has 0 unspecified atom stereocenters. The summed E-state index contributed by atoms with van der Waals surface area (Å²) in [5, 5.41) is 3.31. The molecule has 0 spiro atoms. The largest absolute Gasteiger partial charge is 0.475 e. The molecule has 5 heteroatoms. The lowest BCUT2D eigenvalue weighted by Gasteiger charge is -2.13. The lowest BCUT2D eigenvalue weighted by atomic mass is 10.2. The molecule has 2 aromatic heterocycles. The predicted molar refractivity (Wildman–Crippen MR) is 72.6 cm³/mol. The van der Waals surface area contributed by atoms with E-state index in [0.717, 1.165) is 11.3 Å². The maximum absolute atomic E-state index is 5.67. The Morgan fingerprint density at radius 1 is 1.16 bits per heavy atom. The zero-order chi connectivity index (χ0) is 13.5. The van der Waals surface area contributed by atoms with Crippen LogP contribution in [0.25, 0.3) is 0 Å². The van der Waals surface area contributed by atoms with Crippen LogP contribution in [0, 0.1) is 0 Å². The van der Waals surface area contributed by atoms with Gasteiger partial charge < -0.3 is 10.1 Å². The molecular weight excluding hydrogens is 240 g/mol. The van der Waals surface area contributed by atoms with Crippen molar-refractivity contribution in [3.05, 3.63) is 48.2 Å². The van der Waals surface area contributed by atoms with E-state index in [2.05, 4.69) is 20.3 Å². The summed E-state index contributed by atoms with van der Waals surface area (Å²) in [5.41, 5.74) is 1.96. The topological polar surface area (TPSA) is 59.9 Å². The van der Waals surface area contributed by atoms with Crippen LogP contribution in [0.5, 0.6) is 5.88 Å². The van der Waals surface area contributed by atoms with Gasteiger partial charge >= 0.3 is 0 Å². The first-order valence-electron chi connectivity index (χ1n) is 6.32. The number of hydrogen-bond acceptors (Lipinski definition) is 5. The second-order valence-electron chi connectivity index (χ2n) is 4.43. The molecule has 0 atom stereocenters. The third-order valence-corrected chi connectivity index (χ3v) is 2.44. The highest BCUT2D eigenvalue weighted by Crippen LogP contribution is 2.15. The lowest BCUT2D eigenvalue weighted by molar-refractivity contribution is 0.229. The third-order valence-electron chi connectivity index (χ3n) is 2.44. The highest BCUT2D eigenvalue weighted by Gasteiger charge is 2.06. The van der Waals surface area contributed by atoms with Crippen molar-refractivity contribution in [1.29, 1.82) is 0 Å². The number of hydrogen-bond donors (Lipinski definition) is 1. The Morgan fingerprint density at radius 2 is 2.05 bits per heavy atom. The smallest absolute Gasteiger partial charge is 0.218 e. The normalized spacial score (nSPS) is 10.7. The molecule has 0 radical (unpaired) electrons. The molecule has 1 N–H and O–H groups in total. The minimum absolute atomic E-state index is 0.119. The average Bonchev–Trinajstić information content (AvgIpc) is 2.41. The van der Waals surface area contributed by atoms with E-state index in [1.165, 1.54) is 0 Å². The maximum atomic E-state index is 5.67. The summed E-state index contributed by atoms with van der Waals surface area (Å²) >= 11 is 0. The fraction of sp³-hybridized carbons (Fsp3) is 0.357. The summed E-state index contributed by atoms with van der Waals surface area (Å²) in [6.07, 6.45) is 6.97. The Bertz CT molecular complexity index is 502. The molecule has 0 aliphatic carbocycles. The Hall–Kier alpha value is -2.01. The number of rotatable bonds is 6. The fourth-order valence-corrected chi connectivity index (χ4v) is 1.63. The first-order chi connectivity index (χ1) is 9.25. The van der Waals surface area contributed by atoms with Gasteiger partial charge in [0.2, 0.25) is 5.88 Å². The minimum Gasteiger partial charge on any atom is -0.475 e. The maximum Gasteiger partial charge on any atom is 0.218 e. The van der Waals surface area contributed by atoms with Crippen LogP contribution in [0.3, 0.4) is 0 Å². The summed E-state index contributed by atoms with van der Waals surface area (Å²) in [7, 11) is 0. The van der Waals surface area contributed by atoms with E-state index in [-0.39, 0.29) is 6.10 Å². The Morgan fingerprint density at radius 3 is 2.79 bits per heavy atom. The van der Waals surface area contributed by atoms with E-state index in [4.69, 9.17) is 4.74 Å². The average molecular weight is 258 g/mol. The van der Waals surface area contributed by atoms with Crippen LogP contribution in [0.15, 0.2) is 36.9 Å². The SMILES string of the molecule is CC(C)Oc1ncccc1CNCc1cnccn1. The van der Waals surface area contributed by atoms with Crippen LogP contribution >= 0.6 is 0 Å². The van der Waals surface area contributed by atoms with Crippen molar-refractivity contribution >= 4 is 0 Å². The molecule has 0 aliphatic rings. The molecule has 100 valence electrons. The van der Waals surface area contributed by atoms with Gasteiger partial charge in [0.15, 0.2) is 0 Å². The van der Waals surface area contributed by atoms with Crippen molar-refractivity contribution < 1.29 is 4.74 Å². The summed E-state index contributed by atoms with van der Waals surface area (Å²) < 4.78 is 5.67.